The molecule has 458 valence electrons. The number of hydrogen-bond donors (Lipinski definition) is 0. The lowest BCUT2D eigenvalue weighted by Gasteiger charge is -2.44. The molecule has 0 atom stereocenters. The molecule has 0 saturated heterocycles. The van der Waals surface area contributed by atoms with Gasteiger partial charge in [-0.3, -0.25) is 0 Å². The van der Waals surface area contributed by atoms with Crippen molar-refractivity contribution in [3.63, 3.8) is 0 Å². The first-order valence-corrected chi connectivity index (χ1v) is 33.1. The average molecular weight is 1210 g/mol. The minimum absolute atomic E-state index is 0.00335. The van der Waals surface area contributed by atoms with E-state index in [2.05, 4.69) is 388 Å². The molecule has 12 aromatic carbocycles. The van der Waals surface area contributed by atoms with Gasteiger partial charge in [-0.2, -0.15) is 0 Å². The van der Waals surface area contributed by atoms with Crippen LogP contribution in [-0.4, -0.2) is 6.71 Å². The summed E-state index contributed by atoms with van der Waals surface area (Å²) in [5, 5.41) is 0. The van der Waals surface area contributed by atoms with E-state index in [4.69, 9.17) is 0 Å². The van der Waals surface area contributed by atoms with E-state index in [1.807, 2.05) is 0 Å². The standard InChI is InChI=1S/C88H83BN4/c1-85(2,3)65-35-46-69(47-36-65)90(70-48-37-66(38-49-70)86(4,5)6)74-52-54-77-82(58-74)92(72-42-31-62(32-43-72)60-23-16-13-17-24-60)80-29-22-30-81-84(80)89(77)78-55-53-75(59-83(78)93(81)73-44-33-63(34-45-73)61-25-18-14-19-26-61)91(71-50-39-67(40-51-71)87(7,8)9)79-56-41-68(88(10,11)12)57-76(79)64-27-20-15-21-28-64/h13-59H,1-12H3. The molecule has 0 spiro atoms. The molecule has 0 bridgehead atoms. The number of nitrogens with zero attached hydrogens (tertiary/aromatic N) is 4. The van der Waals surface area contributed by atoms with E-state index in [0.29, 0.717) is 0 Å². The van der Waals surface area contributed by atoms with Crippen molar-refractivity contribution in [2.24, 2.45) is 0 Å². The summed E-state index contributed by atoms with van der Waals surface area (Å²) in [7, 11) is 0. The quantitative estimate of drug-likeness (QED) is 0.120. The van der Waals surface area contributed by atoms with Crippen LogP contribution in [0.1, 0.15) is 105 Å². The van der Waals surface area contributed by atoms with Gasteiger partial charge in [0.25, 0.3) is 6.71 Å². The van der Waals surface area contributed by atoms with E-state index in [0.717, 1.165) is 68.2 Å². The van der Waals surface area contributed by atoms with Crippen molar-refractivity contribution in [3.05, 3.63) is 307 Å². The number of anilines is 12. The van der Waals surface area contributed by atoms with Crippen LogP contribution in [0.3, 0.4) is 0 Å². The fraction of sp³-hybridized carbons (Fsp3) is 0.182. The summed E-state index contributed by atoms with van der Waals surface area (Å²) >= 11 is 0. The van der Waals surface area contributed by atoms with E-state index in [1.54, 1.807) is 0 Å². The Hall–Kier alpha value is -10.1. The first-order valence-electron chi connectivity index (χ1n) is 33.1. The minimum Gasteiger partial charge on any atom is -0.311 e. The molecule has 5 heteroatoms. The molecule has 2 aliphatic rings. The molecule has 93 heavy (non-hydrogen) atoms. The zero-order chi connectivity index (χ0) is 64.6. The third-order valence-electron chi connectivity index (χ3n) is 19.1. The van der Waals surface area contributed by atoms with Crippen LogP contribution in [0.5, 0.6) is 0 Å². The second-order valence-corrected chi connectivity index (χ2v) is 29.5. The molecule has 0 unspecified atom stereocenters. The highest BCUT2D eigenvalue weighted by molar-refractivity contribution is 7.00. The Kier molecular flexibility index (Phi) is 15.3. The molecule has 2 aliphatic heterocycles. The summed E-state index contributed by atoms with van der Waals surface area (Å²) in [6.45, 7) is 27.4. The molecule has 0 aromatic heterocycles. The molecule has 4 nitrogen and oxygen atoms in total. The Morgan fingerprint density at radius 2 is 0.591 bits per heavy atom. The van der Waals surface area contributed by atoms with E-state index in [-0.39, 0.29) is 28.4 Å². The summed E-state index contributed by atoms with van der Waals surface area (Å²) < 4.78 is 0. The van der Waals surface area contributed by atoms with E-state index < -0.39 is 0 Å². The van der Waals surface area contributed by atoms with Crippen molar-refractivity contribution in [1.29, 1.82) is 0 Å². The molecule has 14 rings (SSSR count). The predicted octanol–water partition coefficient (Wildman–Crippen LogP) is 22.9. The van der Waals surface area contributed by atoms with Gasteiger partial charge in [0.15, 0.2) is 0 Å². The van der Waals surface area contributed by atoms with E-state index in [1.165, 1.54) is 72.0 Å². The zero-order valence-electron chi connectivity index (χ0n) is 56.0. The van der Waals surface area contributed by atoms with Crippen LogP contribution in [0.25, 0.3) is 33.4 Å². The van der Waals surface area contributed by atoms with Crippen LogP contribution in [-0.2, 0) is 21.7 Å². The molecule has 0 amide bonds. The minimum atomic E-state index is -0.139. The number of fused-ring (bicyclic) bond motifs is 4. The zero-order valence-corrected chi connectivity index (χ0v) is 56.0. The lowest BCUT2D eigenvalue weighted by molar-refractivity contribution is 0.590. The average Bonchev–Trinajstić information content (AvgIpc) is 0.700. The molecule has 0 fully saturated rings. The summed E-state index contributed by atoms with van der Waals surface area (Å²) in [6.07, 6.45) is 0. The first kappa shape index (κ1) is 60.5. The molecular weight excluding hydrogens is 1120 g/mol. The summed E-state index contributed by atoms with van der Waals surface area (Å²) in [5.74, 6) is 0. The van der Waals surface area contributed by atoms with E-state index >= 15 is 0 Å². The van der Waals surface area contributed by atoms with Crippen LogP contribution >= 0.6 is 0 Å². The van der Waals surface area contributed by atoms with Gasteiger partial charge in [0.2, 0.25) is 0 Å². The lowest BCUT2D eigenvalue weighted by atomic mass is 9.33. The fourth-order valence-electron chi connectivity index (χ4n) is 13.9. The highest BCUT2D eigenvalue weighted by Gasteiger charge is 2.44. The maximum atomic E-state index is 2.55. The largest absolute Gasteiger partial charge is 0.311 e. The third-order valence-corrected chi connectivity index (χ3v) is 19.1. The second-order valence-electron chi connectivity index (χ2n) is 29.5. The predicted molar refractivity (Wildman–Crippen MR) is 401 cm³/mol. The van der Waals surface area contributed by atoms with Crippen LogP contribution in [0.2, 0.25) is 0 Å². The van der Waals surface area contributed by atoms with Gasteiger partial charge in [0.1, 0.15) is 0 Å². The van der Waals surface area contributed by atoms with Gasteiger partial charge in [0.05, 0.1) is 5.69 Å². The molecule has 0 N–H and O–H groups in total. The molecule has 0 aliphatic carbocycles. The fourth-order valence-corrected chi connectivity index (χ4v) is 13.9. The van der Waals surface area contributed by atoms with E-state index in [9.17, 15) is 0 Å². The molecule has 2 heterocycles. The number of benzene rings is 12. The Labute approximate surface area is 553 Å². The van der Waals surface area contributed by atoms with Crippen LogP contribution in [0, 0.1) is 0 Å². The summed E-state index contributed by atoms with van der Waals surface area (Å²) in [6, 6.07) is 107. The monoisotopic (exact) mass is 1210 g/mol. The van der Waals surface area contributed by atoms with Gasteiger partial charge < -0.3 is 19.6 Å². The Morgan fingerprint density at radius 3 is 0.978 bits per heavy atom. The van der Waals surface area contributed by atoms with Crippen LogP contribution in [0.4, 0.5) is 68.2 Å². The Morgan fingerprint density at radius 1 is 0.258 bits per heavy atom. The highest BCUT2D eigenvalue weighted by Crippen LogP contribution is 2.50. The molecular formula is C88H83BN4. The van der Waals surface area contributed by atoms with Gasteiger partial charge in [-0.1, -0.05) is 259 Å². The maximum absolute atomic E-state index is 2.55. The first-order chi connectivity index (χ1) is 44.7. The maximum Gasteiger partial charge on any atom is 0.252 e. The second kappa shape index (κ2) is 23.5. The van der Waals surface area contributed by atoms with Crippen molar-refractivity contribution in [1.82, 2.24) is 0 Å². The van der Waals surface area contributed by atoms with Crippen molar-refractivity contribution in [3.8, 4) is 33.4 Å². The van der Waals surface area contributed by atoms with Gasteiger partial charge in [0, 0.05) is 68.1 Å². The summed E-state index contributed by atoms with van der Waals surface area (Å²) in [4.78, 5) is 10.0. The third kappa shape index (κ3) is 11.5. The smallest absolute Gasteiger partial charge is 0.252 e. The molecule has 0 saturated carbocycles. The van der Waals surface area contributed by atoms with Crippen molar-refractivity contribution >= 4 is 91.3 Å². The van der Waals surface area contributed by atoms with Gasteiger partial charge in [-0.25, -0.2) is 0 Å². The number of hydrogen-bond acceptors (Lipinski definition) is 4. The normalized spacial score (nSPS) is 12.9. The highest BCUT2D eigenvalue weighted by atomic mass is 15.2. The molecule has 12 aromatic rings. The number of rotatable bonds is 11. The van der Waals surface area contributed by atoms with Crippen molar-refractivity contribution in [2.45, 2.75) is 105 Å². The lowest BCUT2D eigenvalue weighted by Crippen LogP contribution is -2.61. The SMILES string of the molecule is CC(C)(C)c1ccc(N(c2ccc(C(C)(C)C)cc2)c2ccc3c(c2)N(c2ccc(-c4ccccc4)cc2)c2cccc4c2B3c2ccc(N(c3ccc(C(C)(C)C)cc3)c3ccc(C(C)(C)C)cc3-c3ccccc3)cc2N4c2ccc(-c3ccccc3)cc2)cc1. The van der Waals surface area contributed by atoms with Gasteiger partial charge in [-0.15, -0.1) is 0 Å². The van der Waals surface area contributed by atoms with Crippen LogP contribution in [0.15, 0.2) is 285 Å². The van der Waals surface area contributed by atoms with Gasteiger partial charge >= 0.3 is 0 Å². The topological polar surface area (TPSA) is 13.0 Å². The van der Waals surface area contributed by atoms with Crippen molar-refractivity contribution in [2.75, 3.05) is 19.6 Å². The Bertz CT molecular complexity index is 4610. The van der Waals surface area contributed by atoms with Crippen molar-refractivity contribution < 1.29 is 0 Å². The van der Waals surface area contributed by atoms with Crippen LogP contribution < -0.4 is 36.0 Å². The molecule has 0 radical (unpaired) electrons. The summed E-state index contributed by atoms with van der Waals surface area (Å²) in [5.41, 5.74) is 29.3. The van der Waals surface area contributed by atoms with Gasteiger partial charge in [-0.05, 0) is 197 Å². The Balaban J connectivity index is 1.02.